The Balaban J connectivity index is 2.62. The van der Waals surface area contributed by atoms with Crippen molar-refractivity contribution in [2.75, 3.05) is 6.26 Å². The SMILES string of the molecule is [B]c1ccc(Cl)cc1-c1ccccc1SC. The lowest BCUT2D eigenvalue weighted by Gasteiger charge is -2.10. The lowest BCUT2D eigenvalue weighted by molar-refractivity contribution is 1.46. The summed E-state index contributed by atoms with van der Waals surface area (Å²) in [5, 5.41) is 0.708. The van der Waals surface area contributed by atoms with Crippen molar-refractivity contribution >= 4 is 36.7 Å². The van der Waals surface area contributed by atoms with E-state index in [9.17, 15) is 0 Å². The molecule has 0 unspecified atom stereocenters. The third kappa shape index (κ3) is 2.28. The van der Waals surface area contributed by atoms with Crippen LogP contribution >= 0.6 is 23.4 Å². The smallest absolute Gasteiger partial charge is 0.114 e. The standard InChI is InChI=1S/C13H10BClS/c1-16-13-5-3-2-4-10(13)11-8-9(15)6-7-12(11)14/h2-8H,1H3. The average molecular weight is 245 g/mol. The minimum absolute atomic E-state index is 0.708. The van der Waals surface area contributed by atoms with Gasteiger partial charge in [0.05, 0.1) is 0 Å². The summed E-state index contributed by atoms with van der Waals surface area (Å²) in [6.07, 6.45) is 2.06. The molecule has 16 heavy (non-hydrogen) atoms. The first-order valence-corrected chi connectivity index (χ1v) is 6.51. The molecule has 3 heteroatoms. The maximum absolute atomic E-state index is 6.00. The van der Waals surface area contributed by atoms with Crippen LogP contribution in [0.25, 0.3) is 11.1 Å². The predicted molar refractivity (Wildman–Crippen MR) is 74.1 cm³/mol. The van der Waals surface area contributed by atoms with Crippen molar-refractivity contribution in [1.82, 2.24) is 0 Å². The van der Waals surface area contributed by atoms with Crippen molar-refractivity contribution in [3.05, 3.63) is 47.5 Å². The number of halogens is 1. The van der Waals surface area contributed by atoms with Gasteiger partial charge in [-0.05, 0) is 35.6 Å². The summed E-state index contributed by atoms with van der Waals surface area (Å²) in [5.41, 5.74) is 2.89. The molecule has 0 aliphatic heterocycles. The van der Waals surface area contributed by atoms with E-state index in [1.165, 1.54) is 4.90 Å². The first-order chi connectivity index (χ1) is 7.72. The highest BCUT2D eigenvalue weighted by Gasteiger charge is 2.06. The Morgan fingerprint density at radius 1 is 1.06 bits per heavy atom. The third-order valence-electron chi connectivity index (χ3n) is 2.41. The molecule has 2 radical (unpaired) electrons. The molecule has 0 amide bonds. The molecule has 2 rings (SSSR count). The summed E-state index contributed by atoms with van der Waals surface area (Å²) >= 11 is 7.71. The van der Waals surface area contributed by atoms with Crippen LogP contribution in [-0.2, 0) is 0 Å². The topological polar surface area (TPSA) is 0 Å². The van der Waals surface area contributed by atoms with Gasteiger partial charge in [0.2, 0.25) is 0 Å². The largest absolute Gasteiger partial charge is 0.129 e. The van der Waals surface area contributed by atoms with E-state index in [0.29, 0.717) is 5.02 Å². The zero-order valence-electron chi connectivity index (χ0n) is 8.91. The Hall–Kier alpha value is -0.855. The van der Waals surface area contributed by atoms with E-state index in [2.05, 4.69) is 18.4 Å². The van der Waals surface area contributed by atoms with Crippen molar-refractivity contribution < 1.29 is 0 Å². The van der Waals surface area contributed by atoms with Crippen LogP contribution in [0.3, 0.4) is 0 Å². The molecule has 0 aliphatic carbocycles. The van der Waals surface area contributed by atoms with Crippen molar-refractivity contribution in [3.63, 3.8) is 0 Å². The number of hydrogen-bond acceptors (Lipinski definition) is 1. The van der Waals surface area contributed by atoms with Crippen LogP contribution in [0, 0.1) is 0 Å². The van der Waals surface area contributed by atoms with Gasteiger partial charge in [0, 0.05) is 9.92 Å². The third-order valence-corrected chi connectivity index (χ3v) is 3.44. The first-order valence-electron chi connectivity index (χ1n) is 4.91. The van der Waals surface area contributed by atoms with Gasteiger partial charge in [-0.15, -0.1) is 11.8 Å². The summed E-state index contributed by atoms with van der Waals surface area (Å²) < 4.78 is 0. The Morgan fingerprint density at radius 2 is 1.81 bits per heavy atom. The summed E-state index contributed by atoms with van der Waals surface area (Å²) in [4.78, 5) is 1.21. The van der Waals surface area contributed by atoms with E-state index in [1.807, 2.05) is 30.3 Å². The Kier molecular flexibility index (Phi) is 3.62. The molecule has 2 aromatic carbocycles. The van der Waals surface area contributed by atoms with Gasteiger partial charge in [-0.25, -0.2) is 0 Å². The quantitative estimate of drug-likeness (QED) is 0.575. The number of rotatable bonds is 2. The molecule has 0 atom stereocenters. The molecule has 0 N–H and O–H groups in total. The van der Waals surface area contributed by atoms with Crippen LogP contribution in [0.15, 0.2) is 47.4 Å². The normalized spacial score (nSPS) is 10.4. The molecule has 0 saturated heterocycles. The summed E-state index contributed by atoms with van der Waals surface area (Å²) in [5.74, 6) is 0. The molecular formula is C13H10BClS. The highest BCUT2D eigenvalue weighted by Crippen LogP contribution is 2.29. The lowest BCUT2D eigenvalue weighted by Crippen LogP contribution is -2.06. The minimum Gasteiger partial charge on any atom is -0.129 e. The fourth-order valence-electron chi connectivity index (χ4n) is 1.63. The average Bonchev–Trinajstić information content (AvgIpc) is 2.32. The molecule has 0 heterocycles. The van der Waals surface area contributed by atoms with Crippen LogP contribution in [0.4, 0.5) is 0 Å². The van der Waals surface area contributed by atoms with Crippen LogP contribution in [0.1, 0.15) is 0 Å². The van der Waals surface area contributed by atoms with E-state index < -0.39 is 0 Å². The Labute approximate surface area is 106 Å². The summed E-state index contributed by atoms with van der Waals surface area (Å²) in [6, 6.07) is 13.7. The van der Waals surface area contributed by atoms with Crippen molar-refractivity contribution in [3.8, 4) is 11.1 Å². The molecule has 0 spiro atoms. The van der Waals surface area contributed by atoms with Crippen LogP contribution < -0.4 is 5.46 Å². The van der Waals surface area contributed by atoms with Crippen LogP contribution in [0.5, 0.6) is 0 Å². The maximum Gasteiger partial charge on any atom is 0.114 e. The minimum atomic E-state index is 0.708. The van der Waals surface area contributed by atoms with E-state index in [4.69, 9.17) is 19.4 Å². The number of hydrogen-bond donors (Lipinski definition) is 0. The second-order valence-corrected chi connectivity index (χ2v) is 4.72. The van der Waals surface area contributed by atoms with Crippen LogP contribution in [0.2, 0.25) is 5.02 Å². The van der Waals surface area contributed by atoms with Gasteiger partial charge >= 0.3 is 0 Å². The highest BCUT2D eigenvalue weighted by atomic mass is 35.5. The van der Waals surface area contributed by atoms with Gasteiger partial charge in [0.15, 0.2) is 0 Å². The van der Waals surface area contributed by atoms with Gasteiger partial charge in [0.1, 0.15) is 7.85 Å². The van der Waals surface area contributed by atoms with Crippen LogP contribution in [-0.4, -0.2) is 14.1 Å². The van der Waals surface area contributed by atoms with Gasteiger partial charge in [-0.3, -0.25) is 0 Å². The molecule has 0 saturated carbocycles. The first kappa shape index (κ1) is 11.6. The zero-order valence-corrected chi connectivity index (χ0v) is 10.5. The summed E-state index contributed by atoms with van der Waals surface area (Å²) in [6.45, 7) is 0. The lowest BCUT2D eigenvalue weighted by atomic mass is 9.87. The van der Waals surface area contributed by atoms with E-state index in [0.717, 1.165) is 16.6 Å². The zero-order chi connectivity index (χ0) is 11.5. The molecule has 0 aromatic heterocycles. The van der Waals surface area contributed by atoms with Crippen molar-refractivity contribution in [2.45, 2.75) is 4.90 Å². The van der Waals surface area contributed by atoms with Gasteiger partial charge in [-0.2, -0.15) is 0 Å². The maximum atomic E-state index is 6.00. The molecule has 0 aliphatic rings. The number of benzene rings is 2. The van der Waals surface area contributed by atoms with Gasteiger partial charge in [-0.1, -0.05) is 41.3 Å². The second kappa shape index (κ2) is 4.98. The van der Waals surface area contributed by atoms with Crippen molar-refractivity contribution in [2.24, 2.45) is 0 Å². The molecule has 0 bridgehead atoms. The second-order valence-electron chi connectivity index (χ2n) is 3.43. The van der Waals surface area contributed by atoms with Gasteiger partial charge in [0.25, 0.3) is 0 Å². The Morgan fingerprint density at radius 3 is 2.56 bits per heavy atom. The number of thioether (sulfide) groups is 1. The summed E-state index contributed by atoms with van der Waals surface area (Å²) in [7, 11) is 5.98. The van der Waals surface area contributed by atoms with E-state index in [1.54, 1.807) is 11.8 Å². The fourth-order valence-corrected chi connectivity index (χ4v) is 2.41. The fraction of sp³-hybridized carbons (Fsp3) is 0.0769. The van der Waals surface area contributed by atoms with E-state index >= 15 is 0 Å². The monoisotopic (exact) mass is 244 g/mol. The van der Waals surface area contributed by atoms with E-state index in [-0.39, 0.29) is 0 Å². The van der Waals surface area contributed by atoms with Crippen molar-refractivity contribution in [1.29, 1.82) is 0 Å². The molecule has 2 aromatic rings. The Bertz CT molecular complexity index is 511. The molecule has 0 fully saturated rings. The molecule has 0 nitrogen and oxygen atoms in total. The predicted octanol–water partition coefficient (Wildman–Crippen LogP) is 3.52. The van der Waals surface area contributed by atoms with Gasteiger partial charge < -0.3 is 0 Å². The molecular weight excluding hydrogens is 234 g/mol. The highest BCUT2D eigenvalue weighted by molar-refractivity contribution is 7.98. The molecule has 78 valence electrons.